The normalized spacial score (nSPS) is 10.5. The number of rotatable bonds is 8. The molecule has 1 heterocycles. The van der Waals surface area contributed by atoms with E-state index in [0.717, 1.165) is 15.5 Å². The van der Waals surface area contributed by atoms with Crippen LogP contribution in [0.25, 0.3) is 10.9 Å². The largest absolute Gasteiger partial charge is 0.464 e. The second-order valence-electron chi connectivity index (χ2n) is 5.71. The Bertz CT molecular complexity index is 1020. The Balaban J connectivity index is 2.13. The van der Waals surface area contributed by atoms with Gasteiger partial charge in [-0.1, -0.05) is 22.0 Å². The Hall–Kier alpha value is -2.86. The van der Waals surface area contributed by atoms with Gasteiger partial charge < -0.3 is 24.3 Å². The molecule has 7 nitrogen and oxygen atoms in total. The summed E-state index contributed by atoms with van der Waals surface area (Å²) in [5.74, 6) is 0.928. The Labute approximate surface area is 170 Å². The minimum Gasteiger partial charge on any atom is -0.464 e. The molecular formula is C20H18BrN3O4. The summed E-state index contributed by atoms with van der Waals surface area (Å²) in [6, 6.07) is 13.4. The van der Waals surface area contributed by atoms with E-state index < -0.39 is 0 Å². The van der Waals surface area contributed by atoms with Crippen LogP contribution in [0.4, 0.5) is 11.4 Å². The summed E-state index contributed by atoms with van der Waals surface area (Å²) in [5, 5.41) is 13.6. The highest BCUT2D eigenvalue weighted by Crippen LogP contribution is 2.37. The second kappa shape index (κ2) is 9.37. The van der Waals surface area contributed by atoms with E-state index in [1.807, 2.05) is 24.3 Å². The molecule has 0 radical (unpaired) electrons. The van der Waals surface area contributed by atoms with Crippen molar-refractivity contribution in [3.63, 3.8) is 0 Å². The number of hydrogen-bond donors (Lipinski definition) is 1. The highest BCUT2D eigenvalue weighted by Gasteiger charge is 2.15. The first-order chi connectivity index (χ1) is 13.7. The van der Waals surface area contributed by atoms with E-state index in [2.05, 4.69) is 32.3 Å². The average molecular weight is 444 g/mol. The summed E-state index contributed by atoms with van der Waals surface area (Å²) in [4.78, 5) is 4.38. The van der Waals surface area contributed by atoms with Crippen LogP contribution in [0.2, 0.25) is 0 Å². The topological polar surface area (TPSA) is 85.6 Å². The van der Waals surface area contributed by atoms with E-state index in [1.54, 1.807) is 12.1 Å². The molecule has 0 aliphatic carbocycles. The maximum atomic E-state index is 9.56. The van der Waals surface area contributed by atoms with Gasteiger partial charge in [-0.15, -0.1) is 0 Å². The summed E-state index contributed by atoms with van der Waals surface area (Å²) in [5.41, 5.74) is 2.52. The molecule has 0 spiro atoms. The van der Waals surface area contributed by atoms with Gasteiger partial charge in [0.05, 0.1) is 16.8 Å². The van der Waals surface area contributed by atoms with Crippen LogP contribution in [0.3, 0.4) is 0 Å². The molecular weight excluding hydrogens is 426 g/mol. The zero-order valence-corrected chi connectivity index (χ0v) is 16.9. The van der Waals surface area contributed by atoms with Crippen LogP contribution in [-0.2, 0) is 9.47 Å². The number of anilines is 2. The van der Waals surface area contributed by atoms with E-state index in [-0.39, 0.29) is 13.6 Å². The Morgan fingerprint density at radius 3 is 2.43 bits per heavy atom. The second-order valence-corrected chi connectivity index (χ2v) is 6.63. The molecule has 28 heavy (non-hydrogen) atoms. The van der Waals surface area contributed by atoms with Gasteiger partial charge in [0, 0.05) is 42.0 Å². The molecule has 144 valence electrons. The molecule has 0 unspecified atom stereocenters. The molecule has 0 atom stereocenters. The monoisotopic (exact) mass is 443 g/mol. The van der Waals surface area contributed by atoms with Crippen LogP contribution >= 0.6 is 15.9 Å². The maximum absolute atomic E-state index is 9.56. The van der Waals surface area contributed by atoms with Gasteiger partial charge in [-0.05, 0) is 24.3 Å². The van der Waals surface area contributed by atoms with E-state index in [1.165, 1.54) is 20.4 Å². The van der Waals surface area contributed by atoms with E-state index in [0.29, 0.717) is 28.3 Å². The minimum atomic E-state index is 0.0502. The first kappa shape index (κ1) is 19.9. The Kier molecular flexibility index (Phi) is 6.66. The molecule has 0 fully saturated rings. The number of ether oxygens (including phenoxy) is 4. The van der Waals surface area contributed by atoms with Crippen molar-refractivity contribution in [2.75, 3.05) is 33.1 Å². The fourth-order valence-corrected chi connectivity index (χ4v) is 3.00. The zero-order valence-electron chi connectivity index (χ0n) is 15.4. The lowest BCUT2D eigenvalue weighted by molar-refractivity contribution is 0.0324. The van der Waals surface area contributed by atoms with Crippen molar-refractivity contribution < 1.29 is 18.9 Å². The molecule has 3 aromatic rings. The lowest BCUT2D eigenvalue weighted by Crippen LogP contribution is -2.05. The predicted octanol–water partition coefficient (Wildman–Crippen LogP) is 4.58. The summed E-state index contributed by atoms with van der Waals surface area (Å²) < 4.78 is 22.1. The third kappa shape index (κ3) is 4.51. The molecule has 0 amide bonds. The SMILES string of the molecule is COCOc1cc2ncc(C#N)c(Nc3cccc(Br)c3)c2cc1OCOC. The summed E-state index contributed by atoms with van der Waals surface area (Å²) in [6.07, 6.45) is 1.53. The quantitative estimate of drug-likeness (QED) is 0.509. The van der Waals surface area contributed by atoms with Crippen molar-refractivity contribution in [2.45, 2.75) is 0 Å². The van der Waals surface area contributed by atoms with Gasteiger partial charge in [-0.2, -0.15) is 5.26 Å². The van der Waals surface area contributed by atoms with Crippen LogP contribution in [0, 0.1) is 11.3 Å². The smallest absolute Gasteiger partial charge is 0.188 e. The first-order valence-electron chi connectivity index (χ1n) is 8.29. The van der Waals surface area contributed by atoms with Gasteiger partial charge in [0.1, 0.15) is 6.07 Å². The molecule has 0 saturated heterocycles. The number of aromatic nitrogens is 1. The van der Waals surface area contributed by atoms with Gasteiger partial charge in [-0.3, -0.25) is 4.98 Å². The summed E-state index contributed by atoms with van der Waals surface area (Å²) in [6.45, 7) is 0.114. The third-order valence-corrected chi connectivity index (χ3v) is 4.31. The zero-order chi connectivity index (χ0) is 19.9. The maximum Gasteiger partial charge on any atom is 0.188 e. The number of hydrogen-bond acceptors (Lipinski definition) is 7. The lowest BCUT2D eigenvalue weighted by atomic mass is 10.1. The number of pyridine rings is 1. The number of fused-ring (bicyclic) bond motifs is 1. The fraction of sp³-hybridized carbons (Fsp3) is 0.200. The van der Waals surface area contributed by atoms with Crippen LogP contribution in [0.1, 0.15) is 5.56 Å². The average Bonchev–Trinajstić information content (AvgIpc) is 2.70. The van der Waals surface area contributed by atoms with Crippen molar-refractivity contribution in [3.05, 3.63) is 52.6 Å². The summed E-state index contributed by atoms with van der Waals surface area (Å²) in [7, 11) is 3.07. The fourth-order valence-electron chi connectivity index (χ4n) is 2.60. The van der Waals surface area contributed by atoms with Crippen LogP contribution in [0.15, 0.2) is 47.1 Å². The number of halogens is 1. The number of nitrogens with one attached hydrogen (secondary N) is 1. The van der Waals surface area contributed by atoms with Crippen molar-refractivity contribution in [1.82, 2.24) is 4.98 Å². The van der Waals surface area contributed by atoms with E-state index >= 15 is 0 Å². The molecule has 0 aliphatic rings. The van der Waals surface area contributed by atoms with E-state index in [9.17, 15) is 5.26 Å². The van der Waals surface area contributed by atoms with Gasteiger partial charge in [-0.25, -0.2) is 0 Å². The molecule has 2 aromatic carbocycles. The molecule has 1 aromatic heterocycles. The number of benzene rings is 2. The van der Waals surface area contributed by atoms with Crippen LogP contribution in [-0.4, -0.2) is 32.8 Å². The minimum absolute atomic E-state index is 0.0502. The van der Waals surface area contributed by atoms with Gasteiger partial charge in [0.25, 0.3) is 0 Å². The molecule has 0 bridgehead atoms. The molecule has 8 heteroatoms. The van der Waals surface area contributed by atoms with Crippen molar-refractivity contribution in [3.8, 4) is 17.6 Å². The highest BCUT2D eigenvalue weighted by atomic mass is 79.9. The highest BCUT2D eigenvalue weighted by molar-refractivity contribution is 9.10. The van der Waals surface area contributed by atoms with E-state index in [4.69, 9.17) is 18.9 Å². The molecule has 0 saturated carbocycles. The van der Waals surface area contributed by atoms with Crippen molar-refractivity contribution >= 4 is 38.2 Å². The van der Waals surface area contributed by atoms with Crippen LogP contribution in [0.5, 0.6) is 11.5 Å². The molecule has 1 N–H and O–H groups in total. The third-order valence-electron chi connectivity index (χ3n) is 3.81. The Morgan fingerprint density at radius 2 is 1.79 bits per heavy atom. The number of nitrogens with zero attached hydrogens (tertiary/aromatic N) is 2. The Morgan fingerprint density at radius 1 is 1.07 bits per heavy atom. The molecule has 3 rings (SSSR count). The number of methoxy groups -OCH3 is 2. The molecule has 0 aliphatic heterocycles. The van der Waals surface area contributed by atoms with Crippen molar-refractivity contribution in [2.24, 2.45) is 0 Å². The van der Waals surface area contributed by atoms with Gasteiger partial charge >= 0.3 is 0 Å². The van der Waals surface area contributed by atoms with Gasteiger partial charge in [0.15, 0.2) is 25.1 Å². The number of nitriles is 1. The first-order valence-corrected chi connectivity index (χ1v) is 9.08. The standard InChI is InChI=1S/C20H18BrN3O4/c1-25-11-27-18-7-16-17(8-19(18)28-12-26-2)23-10-13(9-22)20(16)24-15-5-3-4-14(21)6-15/h3-8,10H,11-12H2,1-2H3,(H,23,24). The van der Waals surface area contributed by atoms with Gasteiger partial charge in [0.2, 0.25) is 0 Å². The van der Waals surface area contributed by atoms with Crippen molar-refractivity contribution in [1.29, 1.82) is 5.26 Å². The predicted molar refractivity (Wildman–Crippen MR) is 109 cm³/mol. The lowest BCUT2D eigenvalue weighted by Gasteiger charge is -2.16. The summed E-state index contributed by atoms with van der Waals surface area (Å²) >= 11 is 3.45. The van der Waals surface area contributed by atoms with Crippen LogP contribution < -0.4 is 14.8 Å².